The fraction of sp³-hybridized carbons (Fsp3) is 0.467. The van der Waals surface area contributed by atoms with Crippen LogP contribution in [0, 0.1) is 0 Å². The smallest absolute Gasteiger partial charge is 0.234 e. The van der Waals surface area contributed by atoms with Crippen molar-refractivity contribution in [2.75, 3.05) is 31.8 Å². The SMILES string of the molecule is COc1ccccc1OCC1N(C(=O)CSC(C)=O)CCS1=O. The van der Waals surface area contributed by atoms with Gasteiger partial charge in [0.1, 0.15) is 12.0 Å². The molecule has 0 aromatic heterocycles. The zero-order valence-corrected chi connectivity index (χ0v) is 14.7. The van der Waals surface area contributed by atoms with Crippen molar-refractivity contribution in [1.29, 1.82) is 0 Å². The number of carbonyl (C=O) groups is 2. The van der Waals surface area contributed by atoms with E-state index in [2.05, 4.69) is 0 Å². The molecule has 1 aliphatic rings. The molecule has 1 fully saturated rings. The van der Waals surface area contributed by atoms with Crippen molar-refractivity contribution < 1.29 is 23.3 Å². The Morgan fingerprint density at radius 3 is 2.70 bits per heavy atom. The molecule has 8 heteroatoms. The molecule has 0 spiro atoms. The van der Waals surface area contributed by atoms with Crippen molar-refractivity contribution in [2.24, 2.45) is 0 Å². The molecule has 2 unspecified atom stereocenters. The maximum atomic E-state index is 12.2. The molecular formula is C15H19NO5S2. The maximum absolute atomic E-state index is 12.2. The molecule has 0 bridgehead atoms. The summed E-state index contributed by atoms with van der Waals surface area (Å²) in [5, 5.41) is -0.611. The third-order valence-electron chi connectivity index (χ3n) is 3.35. The molecule has 1 aromatic carbocycles. The van der Waals surface area contributed by atoms with Gasteiger partial charge in [-0.05, 0) is 12.1 Å². The largest absolute Gasteiger partial charge is 0.493 e. The summed E-state index contributed by atoms with van der Waals surface area (Å²) in [6.45, 7) is 1.97. The number of ether oxygens (including phenoxy) is 2. The van der Waals surface area contributed by atoms with Crippen molar-refractivity contribution in [3.8, 4) is 11.5 Å². The Hall–Kier alpha value is -1.54. The van der Waals surface area contributed by atoms with Crippen molar-refractivity contribution in [3.63, 3.8) is 0 Å². The van der Waals surface area contributed by atoms with Crippen LogP contribution in [0.4, 0.5) is 0 Å². The number of para-hydroxylation sites is 2. The van der Waals surface area contributed by atoms with Crippen molar-refractivity contribution in [3.05, 3.63) is 24.3 Å². The Bertz CT molecular complexity index is 607. The Kier molecular flexibility index (Phi) is 6.47. The fourth-order valence-corrected chi connectivity index (χ4v) is 4.07. The number of thioether (sulfide) groups is 1. The number of methoxy groups -OCH3 is 1. The molecule has 1 aliphatic heterocycles. The van der Waals surface area contributed by atoms with E-state index in [0.717, 1.165) is 11.8 Å². The number of carbonyl (C=O) groups excluding carboxylic acids is 2. The molecule has 2 atom stereocenters. The van der Waals surface area contributed by atoms with Gasteiger partial charge in [-0.3, -0.25) is 13.8 Å². The van der Waals surface area contributed by atoms with Gasteiger partial charge in [-0.2, -0.15) is 0 Å². The van der Waals surface area contributed by atoms with E-state index in [1.807, 2.05) is 12.1 Å². The lowest BCUT2D eigenvalue weighted by molar-refractivity contribution is -0.129. The van der Waals surface area contributed by atoms with Crippen LogP contribution >= 0.6 is 11.8 Å². The van der Waals surface area contributed by atoms with Crippen LogP contribution in [0.5, 0.6) is 11.5 Å². The summed E-state index contributed by atoms with van der Waals surface area (Å²) in [5.41, 5.74) is 0. The minimum absolute atomic E-state index is 0.0672. The van der Waals surface area contributed by atoms with Gasteiger partial charge >= 0.3 is 0 Å². The number of rotatable bonds is 6. The van der Waals surface area contributed by atoms with Gasteiger partial charge in [0.05, 0.1) is 12.9 Å². The van der Waals surface area contributed by atoms with Crippen LogP contribution in [0.2, 0.25) is 0 Å². The summed E-state index contributed by atoms with van der Waals surface area (Å²) in [7, 11) is 0.384. The highest BCUT2D eigenvalue weighted by Gasteiger charge is 2.35. The standard InChI is InChI=1S/C15H19NO5S2/c1-11(17)22-10-14(18)16-7-8-23(19)15(16)9-21-13-6-4-3-5-12(13)20-2/h3-6,15H,7-10H2,1-2H3. The van der Waals surface area contributed by atoms with E-state index in [4.69, 9.17) is 9.47 Å². The average Bonchev–Trinajstić information content (AvgIpc) is 2.91. The number of hydrogen-bond acceptors (Lipinski definition) is 6. The first-order valence-electron chi connectivity index (χ1n) is 7.08. The average molecular weight is 357 g/mol. The highest BCUT2D eigenvalue weighted by atomic mass is 32.2. The van der Waals surface area contributed by atoms with Gasteiger partial charge in [0, 0.05) is 30.0 Å². The topological polar surface area (TPSA) is 72.9 Å². The molecule has 0 aliphatic carbocycles. The van der Waals surface area contributed by atoms with Gasteiger partial charge in [-0.25, -0.2) is 0 Å². The summed E-state index contributed by atoms with van der Waals surface area (Å²) in [6.07, 6.45) is 0. The zero-order valence-electron chi connectivity index (χ0n) is 13.0. The summed E-state index contributed by atoms with van der Waals surface area (Å²) in [5.74, 6) is 1.43. The second-order valence-electron chi connectivity index (χ2n) is 4.87. The summed E-state index contributed by atoms with van der Waals surface area (Å²) in [6, 6.07) is 7.17. The molecule has 1 aromatic rings. The minimum atomic E-state index is -1.16. The van der Waals surface area contributed by atoms with Gasteiger partial charge in [0.2, 0.25) is 5.91 Å². The van der Waals surface area contributed by atoms with Crippen molar-refractivity contribution in [1.82, 2.24) is 4.90 Å². The summed E-state index contributed by atoms with van der Waals surface area (Å²) in [4.78, 5) is 24.7. The summed E-state index contributed by atoms with van der Waals surface area (Å²) < 4.78 is 23.0. The molecule has 0 radical (unpaired) electrons. The van der Waals surface area contributed by atoms with E-state index in [9.17, 15) is 13.8 Å². The maximum Gasteiger partial charge on any atom is 0.234 e. The Morgan fingerprint density at radius 1 is 1.35 bits per heavy atom. The van der Waals surface area contributed by atoms with Crippen LogP contribution in [0.1, 0.15) is 6.92 Å². The Morgan fingerprint density at radius 2 is 2.04 bits per heavy atom. The number of amides is 1. The minimum Gasteiger partial charge on any atom is -0.493 e. The molecule has 6 nitrogen and oxygen atoms in total. The molecule has 126 valence electrons. The number of benzene rings is 1. The first kappa shape index (κ1) is 17.8. The molecule has 2 rings (SSSR count). The lowest BCUT2D eigenvalue weighted by atomic mass is 10.3. The van der Waals surface area contributed by atoms with E-state index >= 15 is 0 Å². The third-order valence-corrected chi connectivity index (χ3v) is 5.73. The highest BCUT2D eigenvalue weighted by molar-refractivity contribution is 8.14. The Balaban J connectivity index is 2.00. The van der Waals surface area contributed by atoms with Gasteiger partial charge < -0.3 is 14.4 Å². The first-order valence-corrected chi connectivity index (χ1v) is 9.45. The Labute approximate surface area is 142 Å². The zero-order chi connectivity index (χ0) is 16.8. The van der Waals surface area contributed by atoms with Gasteiger partial charge in [-0.1, -0.05) is 23.9 Å². The van der Waals surface area contributed by atoms with Crippen LogP contribution in [0.15, 0.2) is 24.3 Å². The van der Waals surface area contributed by atoms with Gasteiger partial charge in [-0.15, -0.1) is 0 Å². The van der Waals surface area contributed by atoms with E-state index in [0.29, 0.717) is 23.8 Å². The first-order chi connectivity index (χ1) is 11.0. The highest BCUT2D eigenvalue weighted by Crippen LogP contribution is 2.27. The quantitative estimate of drug-likeness (QED) is 0.763. The second kappa shape index (κ2) is 8.35. The van der Waals surface area contributed by atoms with E-state index in [1.54, 1.807) is 24.1 Å². The lowest BCUT2D eigenvalue weighted by Gasteiger charge is -2.23. The van der Waals surface area contributed by atoms with Crippen LogP contribution in [0.3, 0.4) is 0 Å². The van der Waals surface area contributed by atoms with Crippen LogP contribution in [-0.4, -0.2) is 57.3 Å². The second-order valence-corrected chi connectivity index (χ2v) is 7.73. The molecule has 1 heterocycles. The van der Waals surface area contributed by atoms with Crippen LogP contribution in [-0.2, 0) is 20.4 Å². The summed E-state index contributed by atoms with van der Waals surface area (Å²) >= 11 is 0.960. The van der Waals surface area contributed by atoms with E-state index < -0.39 is 16.2 Å². The number of hydrogen-bond donors (Lipinski definition) is 0. The molecule has 23 heavy (non-hydrogen) atoms. The fourth-order valence-electron chi connectivity index (χ4n) is 2.21. The van der Waals surface area contributed by atoms with Crippen molar-refractivity contribution in [2.45, 2.75) is 12.3 Å². The van der Waals surface area contributed by atoms with E-state index in [-0.39, 0.29) is 23.4 Å². The normalized spacial score (nSPS) is 20.3. The van der Waals surface area contributed by atoms with Crippen LogP contribution < -0.4 is 9.47 Å². The molecule has 0 saturated carbocycles. The molecule has 0 N–H and O–H groups in total. The van der Waals surface area contributed by atoms with Gasteiger partial charge in [0.25, 0.3) is 0 Å². The monoisotopic (exact) mass is 357 g/mol. The van der Waals surface area contributed by atoms with Crippen LogP contribution in [0.25, 0.3) is 0 Å². The van der Waals surface area contributed by atoms with Crippen molar-refractivity contribution >= 4 is 33.6 Å². The predicted octanol–water partition coefficient (Wildman–Crippen LogP) is 1.27. The molecular weight excluding hydrogens is 338 g/mol. The molecule has 1 saturated heterocycles. The third kappa shape index (κ3) is 4.71. The van der Waals surface area contributed by atoms with Gasteiger partial charge in [0.15, 0.2) is 16.6 Å². The number of nitrogens with zero attached hydrogens (tertiary/aromatic N) is 1. The molecule has 1 amide bonds. The van der Waals surface area contributed by atoms with E-state index in [1.165, 1.54) is 6.92 Å². The predicted molar refractivity (Wildman–Crippen MR) is 90.1 cm³/mol. The lowest BCUT2D eigenvalue weighted by Crippen LogP contribution is -2.41.